The Kier molecular flexibility index (Phi) is 4.57. The van der Waals surface area contributed by atoms with Gasteiger partial charge in [0.25, 0.3) is 0 Å². The second-order valence-corrected chi connectivity index (χ2v) is 5.38. The van der Waals surface area contributed by atoms with E-state index in [-0.39, 0.29) is 5.97 Å². The molecule has 0 bridgehead atoms. The van der Waals surface area contributed by atoms with Crippen molar-refractivity contribution in [3.8, 4) is 0 Å². The average molecular weight is 268 g/mol. The van der Waals surface area contributed by atoms with E-state index in [2.05, 4.69) is 0 Å². The van der Waals surface area contributed by atoms with Gasteiger partial charge in [0.15, 0.2) is 0 Å². The molecule has 104 valence electrons. The number of methoxy groups -OCH3 is 1. The zero-order chi connectivity index (χ0) is 14.4. The van der Waals surface area contributed by atoms with E-state index in [0.717, 1.165) is 11.1 Å². The molecule has 0 atom stereocenters. The normalized spacial score (nSPS) is 11.1. The number of esters is 1. The molecule has 0 amide bonds. The molecule has 0 heterocycles. The molecule has 0 saturated heterocycles. The van der Waals surface area contributed by atoms with Gasteiger partial charge in [0, 0.05) is 0 Å². The van der Waals surface area contributed by atoms with Gasteiger partial charge in [-0.25, -0.2) is 0 Å². The summed E-state index contributed by atoms with van der Waals surface area (Å²) in [4.78, 5) is 12.2. The lowest BCUT2D eigenvalue weighted by molar-refractivity contribution is -0.151. The van der Waals surface area contributed by atoms with Crippen molar-refractivity contribution in [1.82, 2.24) is 0 Å². The summed E-state index contributed by atoms with van der Waals surface area (Å²) < 4.78 is 5.02. The molecule has 0 aliphatic rings. The fraction of sp³-hybridized carbons (Fsp3) is 0.278. The Hall–Kier alpha value is -2.09. The van der Waals surface area contributed by atoms with Gasteiger partial charge < -0.3 is 4.74 Å². The Balaban J connectivity index is 2.24. The van der Waals surface area contributed by atoms with Crippen LogP contribution < -0.4 is 0 Å². The lowest BCUT2D eigenvalue weighted by Crippen LogP contribution is -2.33. The van der Waals surface area contributed by atoms with Crippen molar-refractivity contribution in [2.45, 2.75) is 19.8 Å². The second-order valence-electron chi connectivity index (χ2n) is 5.38. The van der Waals surface area contributed by atoms with Crippen LogP contribution in [0.3, 0.4) is 0 Å². The summed E-state index contributed by atoms with van der Waals surface area (Å²) >= 11 is 0. The summed E-state index contributed by atoms with van der Waals surface area (Å²) in [6, 6.07) is 20.1. The van der Waals surface area contributed by atoms with Crippen LogP contribution >= 0.6 is 0 Å². The van der Waals surface area contributed by atoms with Crippen LogP contribution in [0.5, 0.6) is 0 Å². The van der Waals surface area contributed by atoms with Crippen LogP contribution in [0, 0.1) is 5.41 Å². The van der Waals surface area contributed by atoms with E-state index in [0.29, 0.717) is 12.8 Å². The first-order valence-electron chi connectivity index (χ1n) is 6.80. The van der Waals surface area contributed by atoms with Gasteiger partial charge in [-0.1, -0.05) is 60.7 Å². The molecule has 0 spiro atoms. The largest absolute Gasteiger partial charge is 0.469 e. The molecule has 2 nitrogen and oxygen atoms in total. The van der Waals surface area contributed by atoms with E-state index in [1.165, 1.54) is 7.11 Å². The summed E-state index contributed by atoms with van der Waals surface area (Å²) in [5.41, 5.74) is 1.75. The summed E-state index contributed by atoms with van der Waals surface area (Å²) in [5, 5.41) is 0. The van der Waals surface area contributed by atoms with E-state index in [4.69, 9.17) is 4.74 Å². The summed E-state index contributed by atoms with van der Waals surface area (Å²) in [6.45, 7) is 1.97. The highest BCUT2D eigenvalue weighted by Crippen LogP contribution is 2.29. The Bertz CT molecular complexity index is 505. The minimum atomic E-state index is -0.544. The van der Waals surface area contributed by atoms with Gasteiger partial charge in [-0.2, -0.15) is 0 Å². The van der Waals surface area contributed by atoms with Gasteiger partial charge >= 0.3 is 5.97 Å². The van der Waals surface area contributed by atoms with Crippen LogP contribution in [0.15, 0.2) is 60.7 Å². The van der Waals surface area contributed by atoms with Gasteiger partial charge in [0.2, 0.25) is 0 Å². The number of ether oxygens (including phenoxy) is 1. The van der Waals surface area contributed by atoms with Crippen molar-refractivity contribution in [2.75, 3.05) is 7.11 Å². The first-order valence-corrected chi connectivity index (χ1v) is 6.80. The Morgan fingerprint density at radius 1 is 0.900 bits per heavy atom. The summed E-state index contributed by atoms with van der Waals surface area (Å²) in [6.07, 6.45) is 1.35. The first kappa shape index (κ1) is 14.3. The predicted octanol–water partition coefficient (Wildman–Crippen LogP) is 3.65. The minimum absolute atomic E-state index is 0.162. The number of benzene rings is 2. The van der Waals surface area contributed by atoms with Crippen LogP contribution in [-0.2, 0) is 22.4 Å². The zero-order valence-corrected chi connectivity index (χ0v) is 12.0. The minimum Gasteiger partial charge on any atom is -0.469 e. The van der Waals surface area contributed by atoms with Gasteiger partial charge in [-0.3, -0.25) is 4.79 Å². The fourth-order valence-electron chi connectivity index (χ4n) is 2.55. The number of hydrogen-bond acceptors (Lipinski definition) is 2. The van der Waals surface area contributed by atoms with E-state index in [1.807, 2.05) is 67.6 Å². The molecule has 0 aliphatic heterocycles. The highest BCUT2D eigenvalue weighted by Gasteiger charge is 2.34. The molecule has 0 aliphatic carbocycles. The van der Waals surface area contributed by atoms with Crippen molar-refractivity contribution in [1.29, 1.82) is 0 Å². The van der Waals surface area contributed by atoms with Crippen LogP contribution in [-0.4, -0.2) is 13.1 Å². The third kappa shape index (κ3) is 3.47. The monoisotopic (exact) mass is 268 g/mol. The van der Waals surface area contributed by atoms with Crippen molar-refractivity contribution in [3.05, 3.63) is 71.8 Å². The third-order valence-electron chi connectivity index (χ3n) is 3.55. The predicted molar refractivity (Wildman–Crippen MR) is 80.4 cm³/mol. The molecule has 0 N–H and O–H groups in total. The number of carbonyl (C=O) groups is 1. The lowest BCUT2D eigenvalue weighted by atomic mass is 9.78. The maximum atomic E-state index is 12.2. The molecule has 2 aromatic carbocycles. The quantitative estimate of drug-likeness (QED) is 0.774. The van der Waals surface area contributed by atoms with E-state index in [9.17, 15) is 4.79 Å². The smallest absolute Gasteiger partial charge is 0.312 e. The zero-order valence-electron chi connectivity index (χ0n) is 12.0. The van der Waals surface area contributed by atoms with Crippen LogP contribution in [0.1, 0.15) is 18.1 Å². The number of rotatable bonds is 5. The van der Waals surface area contributed by atoms with E-state index in [1.54, 1.807) is 0 Å². The van der Waals surface area contributed by atoms with Crippen LogP contribution in [0.4, 0.5) is 0 Å². The molecule has 0 radical (unpaired) electrons. The van der Waals surface area contributed by atoms with Crippen molar-refractivity contribution < 1.29 is 9.53 Å². The Labute approximate surface area is 120 Å². The molecule has 0 aromatic heterocycles. The van der Waals surface area contributed by atoms with E-state index < -0.39 is 5.41 Å². The number of carbonyl (C=O) groups excluding carboxylic acids is 1. The van der Waals surface area contributed by atoms with Gasteiger partial charge in [0.05, 0.1) is 12.5 Å². The van der Waals surface area contributed by atoms with Crippen LogP contribution in [0.25, 0.3) is 0 Å². The molecule has 20 heavy (non-hydrogen) atoms. The second kappa shape index (κ2) is 6.38. The fourth-order valence-corrected chi connectivity index (χ4v) is 2.55. The van der Waals surface area contributed by atoms with E-state index >= 15 is 0 Å². The van der Waals surface area contributed by atoms with Crippen molar-refractivity contribution in [2.24, 2.45) is 5.41 Å². The molecular weight excluding hydrogens is 248 g/mol. The molecule has 2 aromatic rings. The standard InChI is InChI=1S/C18H20O2/c1-18(17(19)20-2,13-15-9-5-3-6-10-15)14-16-11-7-4-8-12-16/h3-12H,13-14H2,1-2H3. The molecule has 0 saturated carbocycles. The highest BCUT2D eigenvalue weighted by molar-refractivity contribution is 5.77. The Morgan fingerprint density at radius 3 is 1.65 bits per heavy atom. The van der Waals surface area contributed by atoms with Crippen LogP contribution in [0.2, 0.25) is 0 Å². The maximum Gasteiger partial charge on any atom is 0.312 e. The SMILES string of the molecule is COC(=O)C(C)(Cc1ccccc1)Cc1ccccc1. The first-order chi connectivity index (χ1) is 9.64. The van der Waals surface area contributed by atoms with Gasteiger partial charge in [-0.05, 0) is 30.9 Å². The topological polar surface area (TPSA) is 26.3 Å². The number of hydrogen-bond donors (Lipinski definition) is 0. The average Bonchev–Trinajstić information content (AvgIpc) is 2.48. The Morgan fingerprint density at radius 2 is 1.30 bits per heavy atom. The summed E-state index contributed by atoms with van der Waals surface area (Å²) in [5.74, 6) is -0.162. The van der Waals surface area contributed by atoms with Crippen molar-refractivity contribution in [3.63, 3.8) is 0 Å². The molecular formula is C18H20O2. The molecule has 2 rings (SSSR count). The lowest BCUT2D eigenvalue weighted by Gasteiger charge is -2.27. The maximum absolute atomic E-state index is 12.2. The third-order valence-corrected chi connectivity index (χ3v) is 3.55. The highest BCUT2D eigenvalue weighted by atomic mass is 16.5. The molecule has 0 fully saturated rings. The summed E-state index contributed by atoms with van der Waals surface area (Å²) in [7, 11) is 1.45. The molecule has 0 unspecified atom stereocenters. The van der Waals surface area contributed by atoms with Gasteiger partial charge in [0.1, 0.15) is 0 Å². The molecule has 2 heteroatoms. The van der Waals surface area contributed by atoms with Crippen molar-refractivity contribution >= 4 is 5.97 Å². The van der Waals surface area contributed by atoms with Gasteiger partial charge in [-0.15, -0.1) is 0 Å².